The van der Waals surface area contributed by atoms with E-state index in [1.165, 1.54) is 0 Å². The number of ether oxygens (including phenoxy) is 2. The first-order valence-corrected chi connectivity index (χ1v) is 12.2. The molecule has 0 fully saturated rings. The summed E-state index contributed by atoms with van der Waals surface area (Å²) in [7, 11) is 0. The molecule has 0 bridgehead atoms. The number of hydrazine groups is 1. The minimum Gasteiger partial charge on any atom is -0.493 e. The minimum absolute atomic E-state index is 0.342. The van der Waals surface area contributed by atoms with Gasteiger partial charge in [-0.25, -0.2) is 0 Å². The van der Waals surface area contributed by atoms with E-state index in [-0.39, 0.29) is 0 Å². The summed E-state index contributed by atoms with van der Waals surface area (Å²) in [5.74, 6) is 0.242. The Morgan fingerprint density at radius 2 is 1.56 bits per heavy atom. The van der Waals surface area contributed by atoms with Crippen molar-refractivity contribution in [1.82, 2.24) is 10.9 Å². The summed E-state index contributed by atoms with van der Waals surface area (Å²) in [6.45, 7) is 3.13. The molecule has 0 saturated carbocycles. The van der Waals surface area contributed by atoms with Crippen LogP contribution in [-0.2, 0) is 6.61 Å². The zero-order valence-electron chi connectivity index (χ0n) is 19.2. The number of hydrogen-bond acceptors (Lipinski definition) is 4. The van der Waals surface area contributed by atoms with Gasteiger partial charge in [-0.15, -0.1) is 0 Å². The Bertz CT molecular complexity index is 1070. The lowest BCUT2D eigenvalue weighted by atomic mass is 10.2. The summed E-state index contributed by atoms with van der Waals surface area (Å²) in [6.07, 6.45) is 4.31. The van der Waals surface area contributed by atoms with Crippen molar-refractivity contribution in [3.05, 3.63) is 94.0 Å². The van der Waals surface area contributed by atoms with Crippen molar-refractivity contribution in [1.29, 1.82) is 0 Å². The summed E-state index contributed by atoms with van der Waals surface area (Å²) < 4.78 is 12.3. The standard InChI is InChI=1S/C27H29BrN2O4/c1-2-3-4-8-17-33-25-16-13-22(28)18-24(25)27(32)30-29-26(31)21-11-14-23(15-12-21)34-19-20-9-6-5-7-10-20/h5-7,9-16,18H,2-4,8,17,19H2,1H3,(H,29,31)(H,30,32). The molecule has 3 aromatic rings. The van der Waals surface area contributed by atoms with Crippen LogP contribution < -0.4 is 20.3 Å². The van der Waals surface area contributed by atoms with E-state index in [9.17, 15) is 9.59 Å². The highest BCUT2D eigenvalue weighted by Gasteiger charge is 2.15. The maximum absolute atomic E-state index is 12.7. The lowest BCUT2D eigenvalue weighted by molar-refractivity contribution is 0.0844. The Labute approximate surface area is 208 Å². The van der Waals surface area contributed by atoms with Crippen LogP contribution in [0.25, 0.3) is 0 Å². The SMILES string of the molecule is CCCCCCOc1ccc(Br)cc1C(=O)NNC(=O)c1ccc(OCc2ccccc2)cc1. The zero-order chi connectivity index (χ0) is 24.2. The molecule has 34 heavy (non-hydrogen) atoms. The fraction of sp³-hybridized carbons (Fsp3) is 0.259. The van der Waals surface area contributed by atoms with Crippen LogP contribution >= 0.6 is 15.9 Å². The molecule has 2 amide bonds. The Hall–Kier alpha value is -3.32. The number of carbonyl (C=O) groups excluding carboxylic acids is 2. The molecule has 0 aliphatic carbocycles. The highest BCUT2D eigenvalue weighted by atomic mass is 79.9. The average Bonchev–Trinajstić information content (AvgIpc) is 2.87. The van der Waals surface area contributed by atoms with Crippen LogP contribution in [-0.4, -0.2) is 18.4 Å². The third-order valence-corrected chi connectivity index (χ3v) is 5.59. The van der Waals surface area contributed by atoms with Gasteiger partial charge in [-0.05, 0) is 54.4 Å². The second-order valence-corrected chi connectivity index (χ2v) is 8.67. The molecule has 0 radical (unpaired) electrons. The lowest BCUT2D eigenvalue weighted by Gasteiger charge is -2.13. The molecule has 0 aromatic heterocycles. The summed E-state index contributed by atoms with van der Waals surface area (Å²) in [6, 6.07) is 21.8. The van der Waals surface area contributed by atoms with Crippen molar-refractivity contribution in [3.63, 3.8) is 0 Å². The first kappa shape index (κ1) is 25.3. The van der Waals surface area contributed by atoms with Gasteiger partial charge in [-0.3, -0.25) is 20.4 Å². The van der Waals surface area contributed by atoms with E-state index in [4.69, 9.17) is 9.47 Å². The highest BCUT2D eigenvalue weighted by Crippen LogP contribution is 2.23. The highest BCUT2D eigenvalue weighted by molar-refractivity contribution is 9.10. The van der Waals surface area contributed by atoms with Gasteiger partial charge >= 0.3 is 0 Å². The van der Waals surface area contributed by atoms with E-state index >= 15 is 0 Å². The molecule has 6 nitrogen and oxygen atoms in total. The van der Waals surface area contributed by atoms with Crippen molar-refractivity contribution in [3.8, 4) is 11.5 Å². The van der Waals surface area contributed by atoms with Gasteiger partial charge in [0.15, 0.2) is 0 Å². The fourth-order valence-electron chi connectivity index (χ4n) is 3.21. The van der Waals surface area contributed by atoms with Crippen molar-refractivity contribution >= 4 is 27.7 Å². The largest absolute Gasteiger partial charge is 0.493 e. The second-order valence-electron chi connectivity index (χ2n) is 7.76. The van der Waals surface area contributed by atoms with Crippen molar-refractivity contribution in [2.24, 2.45) is 0 Å². The molecular formula is C27H29BrN2O4. The van der Waals surface area contributed by atoms with Crippen molar-refractivity contribution in [2.45, 2.75) is 39.2 Å². The molecule has 0 heterocycles. The zero-order valence-corrected chi connectivity index (χ0v) is 20.8. The Balaban J connectivity index is 1.52. The second kappa shape index (κ2) is 13.4. The molecule has 2 N–H and O–H groups in total. The summed E-state index contributed by atoms with van der Waals surface area (Å²) in [4.78, 5) is 25.2. The number of benzene rings is 3. The maximum Gasteiger partial charge on any atom is 0.273 e. The van der Waals surface area contributed by atoms with Crippen LogP contribution in [0.1, 0.15) is 58.9 Å². The molecule has 0 aliphatic heterocycles. The van der Waals surface area contributed by atoms with Gasteiger partial charge in [0, 0.05) is 10.0 Å². The summed E-state index contributed by atoms with van der Waals surface area (Å²) >= 11 is 3.38. The van der Waals surface area contributed by atoms with Crippen LogP contribution in [0.5, 0.6) is 11.5 Å². The van der Waals surface area contributed by atoms with E-state index in [2.05, 4.69) is 33.7 Å². The van der Waals surface area contributed by atoms with Crippen LogP contribution in [0.3, 0.4) is 0 Å². The van der Waals surface area contributed by atoms with Crippen molar-refractivity contribution < 1.29 is 19.1 Å². The normalized spacial score (nSPS) is 10.4. The third kappa shape index (κ3) is 7.92. The Kier molecular flexibility index (Phi) is 9.98. The van der Waals surface area contributed by atoms with E-state index < -0.39 is 11.8 Å². The fourth-order valence-corrected chi connectivity index (χ4v) is 3.57. The monoisotopic (exact) mass is 524 g/mol. The molecule has 3 rings (SSSR count). The quantitative estimate of drug-likeness (QED) is 0.236. The topological polar surface area (TPSA) is 76.7 Å². The molecule has 0 spiro atoms. The van der Waals surface area contributed by atoms with E-state index in [1.807, 2.05) is 36.4 Å². The number of rotatable bonds is 11. The number of carbonyl (C=O) groups is 2. The molecule has 0 aliphatic rings. The Morgan fingerprint density at radius 1 is 0.824 bits per heavy atom. The predicted octanol–water partition coefficient (Wildman–Crippen LogP) is 6.06. The molecular weight excluding hydrogens is 496 g/mol. The van der Waals surface area contributed by atoms with Gasteiger partial charge in [0.2, 0.25) is 0 Å². The van der Waals surface area contributed by atoms with Crippen LogP contribution in [0.4, 0.5) is 0 Å². The maximum atomic E-state index is 12.7. The third-order valence-electron chi connectivity index (χ3n) is 5.10. The van der Waals surface area contributed by atoms with Crippen LogP contribution in [0, 0.1) is 0 Å². The number of amides is 2. The molecule has 0 unspecified atom stereocenters. The minimum atomic E-state index is -0.457. The first-order chi connectivity index (χ1) is 16.6. The van der Waals surface area contributed by atoms with Gasteiger partial charge in [-0.2, -0.15) is 0 Å². The van der Waals surface area contributed by atoms with Crippen molar-refractivity contribution in [2.75, 3.05) is 6.61 Å². The average molecular weight is 525 g/mol. The first-order valence-electron chi connectivity index (χ1n) is 11.4. The Morgan fingerprint density at radius 3 is 2.29 bits per heavy atom. The molecule has 3 aromatic carbocycles. The van der Waals surface area contributed by atoms with Gasteiger partial charge in [0.05, 0.1) is 12.2 Å². The van der Waals surface area contributed by atoms with Gasteiger partial charge in [0.1, 0.15) is 18.1 Å². The van der Waals surface area contributed by atoms with E-state index in [0.717, 1.165) is 35.7 Å². The molecule has 7 heteroatoms. The van der Waals surface area contributed by atoms with E-state index in [0.29, 0.717) is 35.8 Å². The number of nitrogens with one attached hydrogen (secondary N) is 2. The molecule has 0 saturated heterocycles. The van der Waals surface area contributed by atoms with Gasteiger partial charge < -0.3 is 9.47 Å². The number of hydrogen-bond donors (Lipinski definition) is 2. The summed E-state index contributed by atoms with van der Waals surface area (Å²) in [5, 5.41) is 0. The van der Waals surface area contributed by atoms with Crippen LogP contribution in [0.2, 0.25) is 0 Å². The predicted molar refractivity (Wildman–Crippen MR) is 136 cm³/mol. The smallest absolute Gasteiger partial charge is 0.273 e. The number of unbranched alkanes of at least 4 members (excludes halogenated alkanes) is 3. The number of halogens is 1. The molecule has 0 atom stereocenters. The van der Waals surface area contributed by atoms with Gasteiger partial charge in [-0.1, -0.05) is 72.4 Å². The molecule has 178 valence electrons. The van der Waals surface area contributed by atoms with Crippen LogP contribution in [0.15, 0.2) is 77.3 Å². The van der Waals surface area contributed by atoms with E-state index in [1.54, 1.807) is 36.4 Å². The summed E-state index contributed by atoms with van der Waals surface area (Å²) in [5.41, 5.74) is 6.72. The van der Waals surface area contributed by atoms with Gasteiger partial charge in [0.25, 0.3) is 11.8 Å². The lowest BCUT2D eigenvalue weighted by Crippen LogP contribution is -2.41.